The van der Waals surface area contributed by atoms with Gasteiger partial charge in [-0.05, 0) is 44.4 Å². The average Bonchev–Trinajstić information content (AvgIpc) is 2.32. The van der Waals surface area contributed by atoms with Gasteiger partial charge in [-0.1, -0.05) is 19.1 Å². The van der Waals surface area contributed by atoms with Crippen LogP contribution in [0.5, 0.6) is 0 Å². The third kappa shape index (κ3) is 2.21. The summed E-state index contributed by atoms with van der Waals surface area (Å²) in [5, 5.41) is 0. The average molecular weight is 242 g/mol. The van der Waals surface area contributed by atoms with Gasteiger partial charge < -0.3 is 4.98 Å². The smallest absolute Gasteiger partial charge is 0.254 e. The number of nitrogens with zero attached hydrogens (tertiary/aromatic N) is 1. The molecular formula is C15H18N2O. The summed E-state index contributed by atoms with van der Waals surface area (Å²) in [6, 6.07) is 6.10. The first-order chi connectivity index (χ1) is 8.52. The van der Waals surface area contributed by atoms with E-state index in [0.29, 0.717) is 12.2 Å². The summed E-state index contributed by atoms with van der Waals surface area (Å²) >= 11 is 0. The first-order valence-electron chi connectivity index (χ1n) is 6.20. The van der Waals surface area contributed by atoms with Crippen molar-refractivity contribution in [2.24, 2.45) is 0 Å². The van der Waals surface area contributed by atoms with Crippen LogP contribution in [0.4, 0.5) is 0 Å². The molecule has 3 nitrogen and oxygen atoms in total. The van der Waals surface area contributed by atoms with E-state index in [4.69, 9.17) is 0 Å². The third-order valence-electron chi connectivity index (χ3n) is 3.36. The second-order valence-corrected chi connectivity index (χ2v) is 4.63. The van der Waals surface area contributed by atoms with Gasteiger partial charge in [-0.25, -0.2) is 4.98 Å². The molecule has 0 aliphatic carbocycles. The fourth-order valence-electron chi connectivity index (χ4n) is 2.05. The summed E-state index contributed by atoms with van der Waals surface area (Å²) in [5.74, 6) is 0.651. The molecule has 2 aromatic rings. The summed E-state index contributed by atoms with van der Waals surface area (Å²) in [5.41, 5.74) is 4.95. The molecule has 2 rings (SSSR count). The van der Waals surface area contributed by atoms with Crippen molar-refractivity contribution in [3.05, 3.63) is 50.9 Å². The van der Waals surface area contributed by atoms with Gasteiger partial charge in [-0.3, -0.25) is 4.79 Å². The standard InChI is InChI=1S/C15H18N2O/c1-5-13-11(4)16-14(17-15(13)18)12-7-6-9(2)10(3)8-12/h6-8H,5H2,1-4H3,(H,16,17,18). The van der Waals surface area contributed by atoms with E-state index in [1.807, 2.05) is 26.0 Å². The summed E-state index contributed by atoms with van der Waals surface area (Å²) in [6.07, 6.45) is 0.710. The van der Waals surface area contributed by atoms with Gasteiger partial charge in [0, 0.05) is 16.8 Å². The maximum atomic E-state index is 11.9. The number of aryl methyl sites for hydroxylation is 3. The Morgan fingerprint density at radius 3 is 2.44 bits per heavy atom. The molecule has 18 heavy (non-hydrogen) atoms. The maximum Gasteiger partial charge on any atom is 0.254 e. The van der Waals surface area contributed by atoms with Crippen LogP contribution in [-0.2, 0) is 6.42 Å². The van der Waals surface area contributed by atoms with Crippen LogP contribution < -0.4 is 5.56 Å². The monoisotopic (exact) mass is 242 g/mol. The first kappa shape index (κ1) is 12.6. The van der Waals surface area contributed by atoms with E-state index < -0.39 is 0 Å². The van der Waals surface area contributed by atoms with Crippen LogP contribution in [-0.4, -0.2) is 9.97 Å². The summed E-state index contributed by atoms with van der Waals surface area (Å²) < 4.78 is 0. The predicted molar refractivity (Wildman–Crippen MR) is 73.9 cm³/mol. The lowest BCUT2D eigenvalue weighted by Crippen LogP contribution is -2.16. The van der Waals surface area contributed by atoms with Crippen molar-refractivity contribution in [1.29, 1.82) is 0 Å². The Labute approximate surface area is 107 Å². The fourth-order valence-corrected chi connectivity index (χ4v) is 2.05. The van der Waals surface area contributed by atoms with Gasteiger partial charge in [0.05, 0.1) is 0 Å². The molecule has 1 heterocycles. The second-order valence-electron chi connectivity index (χ2n) is 4.63. The van der Waals surface area contributed by atoms with Crippen molar-refractivity contribution in [3.63, 3.8) is 0 Å². The van der Waals surface area contributed by atoms with E-state index in [9.17, 15) is 4.79 Å². The van der Waals surface area contributed by atoms with Gasteiger partial charge in [0.15, 0.2) is 0 Å². The van der Waals surface area contributed by atoms with Crippen LogP contribution in [0, 0.1) is 20.8 Å². The Kier molecular flexibility index (Phi) is 3.32. The van der Waals surface area contributed by atoms with Crippen LogP contribution in [0.2, 0.25) is 0 Å². The van der Waals surface area contributed by atoms with Gasteiger partial charge in [0.1, 0.15) is 5.82 Å². The molecule has 94 valence electrons. The SMILES string of the molecule is CCc1c(C)nc(-c2ccc(C)c(C)c2)[nH]c1=O. The van der Waals surface area contributed by atoms with Crippen LogP contribution in [0.15, 0.2) is 23.0 Å². The number of aromatic nitrogens is 2. The minimum absolute atomic E-state index is 0.0294. The van der Waals surface area contributed by atoms with Gasteiger partial charge in [0.25, 0.3) is 5.56 Å². The van der Waals surface area contributed by atoms with E-state index in [0.717, 1.165) is 16.8 Å². The lowest BCUT2D eigenvalue weighted by atomic mass is 10.1. The normalized spacial score (nSPS) is 10.7. The van der Waals surface area contributed by atoms with Crippen molar-refractivity contribution in [3.8, 4) is 11.4 Å². The van der Waals surface area contributed by atoms with Crippen molar-refractivity contribution in [1.82, 2.24) is 9.97 Å². The Morgan fingerprint density at radius 2 is 1.89 bits per heavy atom. The third-order valence-corrected chi connectivity index (χ3v) is 3.36. The Morgan fingerprint density at radius 1 is 1.17 bits per heavy atom. The fraction of sp³-hybridized carbons (Fsp3) is 0.333. The van der Waals surface area contributed by atoms with E-state index >= 15 is 0 Å². The molecular weight excluding hydrogens is 224 g/mol. The zero-order chi connectivity index (χ0) is 13.3. The van der Waals surface area contributed by atoms with E-state index in [-0.39, 0.29) is 5.56 Å². The molecule has 1 aromatic heterocycles. The van der Waals surface area contributed by atoms with Gasteiger partial charge >= 0.3 is 0 Å². The largest absolute Gasteiger partial charge is 0.306 e. The van der Waals surface area contributed by atoms with Crippen LogP contribution in [0.25, 0.3) is 11.4 Å². The van der Waals surface area contributed by atoms with Crippen LogP contribution in [0.1, 0.15) is 29.3 Å². The zero-order valence-corrected chi connectivity index (χ0v) is 11.3. The summed E-state index contributed by atoms with van der Waals surface area (Å²) in [6.45, 7) is 7.98. The summed E-state index contributed by atoms with van der Waals surface area (Å²) in [4.78, 5) is 19.3. The molecule has 0 bridgehead atoms. The number of aromatic amines is 1. The molecule has 0 radical (unpaired) electrons. The van der Waals surface area contributed by atoms with Gasteiger partial charge in [0.2, 0.25) is 0 Å². The topological polar surface area (TPSA) is 45.8 Å². The van der Waals surface area contributed by atoms with E-state index in [1.165, 1.54) is 11.1 Å². The van der Waals surface area contributed by atoms with E-state index in [1.54, 1.807) is 0 Å². The number of H-pyrrole nitrogens is 1. The molecule has 0 fully saturated rings. The quantitative estimate of drug-likeness (QED) is 0.880. The highest BCUT2D eigenvalue weighted by Gasteiger charge is 2.08. The molecule has 0 aliphatic heterocycles. The molecule has 0 saturated heterocycles. The number of nitrogens with one attached hydrogen (secondary N) is 1. The first-order valence-corrected chi connectivity index (χ1v) is 6.20. The number of rotatable bonds is 2. The molecule has 0 spiro atoms. The molecule has 3 heteroatoms. The molecule has 0 atom stereocenters. The number of hydrogen-bond acceptors (Lipinski definition) is 2. The van der Waals surface area contributed by atoms with Crippen LogP contribution >= 0.6 is 0 Å². The summed E-state index contributed by atoms with van der Waals surface area (Å²) in [7, 11) is 0. The molecule has 0 saturated carbocycles. The Balaban J connectivity index is 2.58. The second kappa shape index (κ2) is 4.77. The predicted octanol–water partition coefficient (Wildman–Crippen LogP) is 2.92. The number of benzene rings is 1. The zero-order valence-electron chi connectivity index (χ0n) is 11.3. The molecule has 0 amide bonds. The lowest BCUT2D eigenvalue weighted by molar-refractivity contribution is 0.967. The van der Waals surface area contributed by atoms with Crippen molar-refractivity contribution >= 4 is 0 Å². The maximum absolute atomic E-state index is 11.9. The van der Waals surface area contributed by atoms with Crippen molar-refractivity contribution < 1.29 is 0 Å². The minimum Gasteiger partial charge on any atom is -0.306 e. The molecule has 0 aliphatic rings. The van der Waals surface area contributed by atoms with Crippen molar-refractivity contribution in [2.45, 2.75) is 34.1 Å². The van der Waals surface area contributed by atoms with Gasteiger partial charge in [-0.2, -0.15) is 0 Å². The highest BCUT2D eigenvalue weighted by atomic mass is 16.1. The lowest BCUT2D eigenvalue weighted by Gasteiger charge is -2.07. The molecule has 0 unspecified atom stereocenters. The van der Waals surface area contributed by atoms with Gasteiger partial charge in [-0.15, -0.1) is 0 Å². The highest BCUT2D eigenvalue weighted by Crippen LogP contribution is 2.18. The minimum atomic E-state index is -0.0294. The highest BCUT2D eigenvalue weighted by molar-refractivity contribution is 5.57. The molecule has 1 aromatic carbocycles. The molecule has 1 N–H and O–H groups in total. The Hall–Kier alpha value is -1.90. The van der Waals surface area contributed by atoms with Crippen molar-refractivity contribution in [2.75, 3.05) is 0 Å². The number of hydrogen-bond donors (Lipinski definition) is 1. The Bertz CT molecular complexity index is 641. The van der Waals surface area contributed by atoms with Crippen LogP contribution in [0.3, 0.4) is 0 Å². The van der Waals surface area contributed by atoms with E-state index in [2.05, 4.69) is 29.9 Å².